The van der Waals surface area contributed by atoms with Crippen LogP contribution in [0.15, 0.2) is 23.0 Å². The lowest BCUT2D eigenvalue weighted by Crippen LogP contribution is -2.30. The number of hydrogen-bond donors (Lipinski definition) is 2. The first-order valence-corrected chi connectivity index (χ1v) is 6.75. The smallest absolute Gasteiger partial charge is 0.265 e. The van der Waals surface area contributed by atoms with E-state index in [4.69, 9.17) is 5.84 Å². The SMILES string of the molecule is NNC(=O)c1ccc2c(=O)n3c(nc2c1)CCCCC3. The average Bonchev–Trinajstić information content (AvgIpc) is 2.71. The van der Waals surface area contributed by atoms with Crippen molar-refractivity contribution >= 4 is 16.8 Å². The molecule has 0 saturated heterocycles. The van der Waals surface area contributed by atoms with Crippen LogP contribution >= 0.6 is 0 Å². The molecule has 6 heteroatoms. The number of hydrogen-bond acceptors (Lipinski definition) is 4. The van der Waals surface area contributed by atoms with Gasteiger partial charge in [0.15, 0.2) is 0 Å². The molecule has 3 rings (SSSR count). The average molecular weight is 272 g/mol. The summed E-state index contributed by atoms with van der Waals surface area (Å²) in [7, 11) is 0. The Bertz CT molecular complexity index is 736. The predicted octanol–water partition coefficient (Wildman–Crippen LogP) is 0.726. The van der Waals surface area contributed by atoms with Crippen molar-refractivity contribution in [2.24, 2.45) is 5.84 Å². The van der Waals surface area contributed by atoms with Gasteiger partial charge in [0.1, 0.15) is 5.82 Å². The van der Waals surface area contributed by atoms with Crippen LogP contribution in [0, 0.1) is 0 Å². The number of benzene rings is 1. The number of nitrogen functional groups attached to an aromatic ring is 1. The van der Waals surface area contributed by atoms with Crippen LogP contribution in [0.1, 0.15) is 35.4 Å². The van der Waals surface area contributed by atoms with E-state index in [0.29, 0.717) is 16.5 Å². The molecule has 1 aromatic heterocycles. The van der Waals surface area contributed by atoms with E-state index in [1.807, 2.05) is 0 Å². The van der Waals surface area contributed by atoms with Crippen molar-refractivity contribution in [1.29, 1.82) is 0 Å². The summed E-state index contributed by atoms with van der Waals surface area (Å²) in [5.74, 6) is 5.55. The van der Waals surface area contributed by atoms with Crippen molar-refractivity contribution in [3.63, 3.8) is 0 Å². The van der Waals surface area contributed by atoms with E-state index in [9.17, 15) is 9.59 Å². The third-order valence-electron chi connectivity index (χ3n) is 3.71. The Kier molecular flexibility index (Phi) is 3.23. The highest BCUT2D eigenvalue weighted by Crippen LogP contribution is 2.16. The summed E-state index contributed by atoms with van der Waals surface area (Å²) in [6.07, 6.45) is 3.97. The van der Waals surface area contributed by atoms with Crippen molar-refractivity contribution in [3.05, 3.63) is 39.9 Å². The number of aromatic nitrogens is 2. The van der Waals surface area contributed by atoms with Crippen molar-refractivity contribution < 1.29 is 4.79 Å². The molecule has 0 radical (unpaired) electrons. The number of aryl methyl sites for hydroxylation is 1. The molecule has 1 amide bonds. The lowest BCUT2D eigenvalue weighted by atomic mass is 10.1. The summed E-state index contributed by atoms with van der Waals surface area (Å²) >= 11 is 0. The summed E-state index contributed by atoms with van der Waals surface area (Å²) in [6, 6.07) is 4.86. The molecule has 0 fully saturated rings. The molecular formula is C14H16N4O2. The fourth-order valence-electron chi connectivity index (χ4n) is 2.64. The van der Waals surface area contributed by atoms with Crippen molar-refractivity contribution in [3.8, 4) is 0 Å². The Hall–Kier alpha value is -2.21. The summed E-state index contributed by atoms with van der Waals surface area (Å²) in [6.45, 7) is 0.724. The Morgan fingerprint density at radius 2 is 2.15 bits per heavy atom. The van der Waals surface area contributed by atoms with Crippen LogP contribution in [-0.4, -0.2) is 15.5 Å². The van der Waals surface area contributed by atoms with Crippen LogP contribution in [0.4, 0.5) is 0 Å². The summed E-state index contributed by atoms with van der Waals surface area (Å²) < 4.78 is 1.76. The second kappa shape index (κ2) is 5.05. The molecule has 2 heterocycles. The van der Waals surface area contributed by atoms with Crippen LogP contribution in [0.5, 0.6) is 0 Å². The van der Waals surface area contributed by atoms with Gasteiger partial charge in [-0.05, 0) is 31.0 Å². The number of amides is 1. The fraction of sp³-hybridized carbons (Fsp3) is 0.357. The highest BCUT2D eigenvalue weighted by molar-refractivity contribution is 5.97. The molecule has 6 nitrogen and oxygen atoms in total. The molecule has 1 aromatic carbocycles. The van der Waals surface area contributed by atoms with Gasteiger partial charge in [-0.25, -0.2) is 10.8 Å². The summed E-state index contributed by atoms with van der Waals surface area (Å²) in [5, 5.41) is 0.546. The zero-order valence-electron chi connectivity index (χ0n) is 11.1. The topological polar surface area (TPSA) is 90.0 Å². The first-order chi connectivity index (χ1) is 9.70. The van der Waals surface area contributed by atoms with E-state index < -0.39 is 0 Å². The number of fused-ring (bicyclic) bond motifs is 2. The van der Waals surface area contributed by atoms with Gasteiger partial charge in [0.05, 0.1) is 10.9 Å². The molecule has 0 bridgehead atoms. The second-order valence-corrected chi connectivity index (χ2v) is 5.00. The number of nitrogens with two attached hydrogens (primary N) is 1. The minimum Gasteiger partial charge on any atom is -0.296 e. The fourth-order valence-corrected chi connectivity index (χ4v) is 2.64. The van der Waals surface area contributed by atoms with E-state index in [-0.39, 0.29) is 11.5 Å². The van der Waals surface area contributed by atoms with Crippen LogP contribution in [0.2, 0.25) is 0 Å². The standard InChI is InChI=1S/C14H16N4O2/c15-17-13(19)9-5-6-10-11(8-9)16-12-4-2-1-3-7-18(12)14(10)20/h5-6,8H,1-4,7,15H2,(H,17,19). The van der Waals surface area contributed by atoms with Crippen molar-refractivity contribution in [2.75, 3.05) is 0 Å². The highest BCUT2D eigenvalue weighted by atomic mass is 16.2. The van der Waals surface area contributed by atoms with Gasteiger partial charge in [0.25, 0.3) is 11.5 Å². The van der Waals surface area contributed by atoms with E-state index in [1.54, 1.807) is 22.8 Å². The van der Waals surface area contributed by atoms with E-state index in [2.05, 4.69) is 10.4 Å². The largest absolute Gasteiger partial charge is 0.296 e. The number of carbonyl (C=O) groups is 1. The molecule has 0 unspecified atom stereocenters. The predicted molar refractivity (Wildman–Crippen MR) is 75.2 cm³/mol. The van der Waals surface area contributed by atoms with Gasteiger partial charge in [-0.2, -0.15) is 0 Å². The van der Waals surface area contributed by atoms with Gasteiger partial charge in [0, 0.05) is 18.5 Å². The normalized spacial score (nSPS) is 14.7. The molecule has 0 aliphatic carbocycles. The van der Waals surface area contributed by atoms with Gasteiger partial charge in [-0.1, -0.05) is 6.42 Å². The Labute approximate surface area is 115 Å². The third kappa shape index (κ3) is 2.08. The molecule has 0 atom stereocenters. The maximum absolute atomic E-state index is 12.5. The Balaban J connectivity index is 2.22. The minimum atomic E-state index is -0.385. The van der Waals surface area contributed by atoms with Gasteiger partial charge >= 0.3 is 0 Å². The number of hydrazine groups is 1. The molecule has 0 saturated carbocycles. The molecule has 1 aliphatic rings. The van der Waals surface area contributed by atoms with E-state index in [1.165, 1.54) is 0 Å². The highest BCUT2D eigenvalue weighted by Gasteiger charge is 2.14. The van der Waals surface area contributed by atoms with Gasteiger partial charge in [0.2, 0.25) is 0 Å². The van der Waals surface area contributed by atoms with Crippen LogP contribution < -0.4 is 16.8 Å². The number of rotatable bonds is 1. The van der Waals surface area contributed by atoms with Crippen molar-refractivity contribution in [2.45, 2.75) is 32.2 Å². The molecular weight excluding hydrogens is 256 g/mol. The lowest BCUT2D eigenvalue weighted by Gasteiger charge is -2.10. The number of nitrogens with zero attached hydrogens (tertiary/aromatic N) is 2. The number of nitrogens with one attached hydrogen (secondary N) is 1. The van der Waals surface area contributed by atoms with Crippen LogP contribution in [-0.2, 0) is 13.0 Å². The third-order valence-corrected chi connectivity index (χ3v) is 3.71. The summed E-state index contributed by atoms with van der Waals surface area (Å²) in [4.78, 5) is 28.6. The lowest BCUT2D eigenvalue weighted by molar-refractivity contribution is 0.0954. The molecule has 20 heavy (non-hydrogen) atoms. The maximum Gasteiger partial charge on any atom is 0.265 e. The minimum absolute atomic E-state index is 0.0217. The monoisotopic (exact) mass is 272 g/mol. The Morgan fingerprint density at radius 1 is 1.30 bits per heavy atom. The molecule has 3 N–H and O–H groups in total. The zero-order chi connectivity index (χ0) is 14.1. The van der Waals surface area contributed by atoms with Gasteiger partial charge < -0.3 is 0 Å². The van der Waals surface area contributed by atoms with Crippen LogP contribution in [0.3, 0.4) is 0 Å². The number of carbonyl (C=O) groups excluding carboxylic acids is 1. The van der Waals surface area contributed by atoms with Gasteiger partial charge in [-0.3, -0.25) is 19.6 Å². The van der Waals surface area contributed by atoms with Gasteiger partial charge in [-0.15, -0.1) is 0 Å². The second-order valence-electron chi connectivity index (χ2n) is 5.00. The van der Waals surface area contributed by atoms with E-state index in [0.717, 1.165) is 38.1 Å². The van der Waals surface area contributed by atoms with Crippen LogP contribution in [0.25, 0.3) is 10.9 Å². The Morgan fingerprint density at radius 3 is 2.95 bits per heavy atom. The quantitative estimate of drug-likeness (QED) is 0.455. The molecule has 1 aliphatic heterocycles. The zero-order valence-corrected chi connectivity index (χ0v) is 11.1. The first kappa shape index (κ1) is 12.8. The van der Waals surface area contributed by atoms with Crippen molar-refractivity contribution in [1.82, 2.24) is 15.0 Å². The molecule has 104 valence electrons. The molecule has 2 aromatic rings. The first-order valence-electron chi connectivity index (χ1n) is 6.75. The maximum atomic E-state index is 12.5. The summed E-state index contributed by atoms with van der Waals surface area (Å²) in [5.41, 5.74) is 3.03. The molecule has 0 spiro atoms. The van der Waals surface area contributed by atoms with E-state index >= 15 is 0 Å².